The molecule has 0 aliphatic heterocycles. The molecule has 5 heteroatoms. The summed E-state index contributed by atoms with van der Waals surface area (Å²) in [5, 5.41) is 10.1. The number of amides is 1. The highest BCUT2D eigenvalue weighted by molar-refractivity contribution is 5.78. The number of nitrogens with one attached hydrogen (secondary N) is 2. The molecule has 1 atom stereocenters. The van der Waals surface area contributed by atoms with E-state index in [1.807, 2.05) is 31.2 Å². The molecule has 110 valence electrons. The molecule has 1 aliphatic carbocycles. The Hall–Kier alpha value is -2.30. The maximum absolute atomic E-state index is 12.2. The minimum atomic E-state index is 0.0103. The molecule has 1 aromatic carbocycles. The van der Waals surface area contributed by atoms with Gasteiger partial charge in [0.05, 0.1) is 18.2 Å². The zero-order valence-electron chi connectivity index (χ0n) is 12.1. The molecule has 1 unspecified atom stereocenters. The van der Waals surface area contributed by atoms with Crippen LogP contribution in [0.4, 0.5) is 5.69 Å². The van der Waals surface area contributed by atoms with Gasteiger partial charge in [0.1, 0.15) is 0 Å². The zero-order chi connectivity index (χ0) is 14.8. The number of aryl methyl sites for hydroxylation is 2. The van der Waals surface area contributed by atoms with Crippen LogP contribution >= 0.6 is 0 Å². The molecular weight excluding hydrogens is 264 g/mol. The van der Waals surface area contributed by atoms with Gasteiger partial charge >= 0.3 is 0 Å². The number of hydrogen-bond acceptors (Lipinski definition) is 3. The number of fused-ring (bicyclic) bond motifs is 1. The number of H-pyrrole nitrogens is 1. The number of hydrogen-bond donors (Lipinski definition) is 3. The summed E-state index contributed by atoms with van der Waals surface area (Å²) in [5.41, 5.74) is 10.8. The molecule has 1 aliphatic rings. The van der Waals surface area contributed by atoms with Gasteiger partial charge < -0.3 is 11.1 Å². The highest BCUT2D eigenvalue weighted by Gasteiger charge is 2.22. The van der Waals surface area contributed by atoms with Gasteiger partial charge in [-0.2, -0.15) is 5.10 Å². The summed E-state index contributed by atoms with van der Waals surface area (Å²) in [6, 6.07) is 7.94. The Morgan fingerprint density at radius 1 is 1.48 bits per heavy atom. The van der Waals surface area contributed by atoms with E-state index in [-0.39, 0.29) is 11.9 Å². The lowest BCUT2D eigenvalue weighted by Gasteiger charge is -2.26. The summed E-state index contributed by atoms with van der Waals surface area (Å²) in [6.45, 7) is 1.93. The Labute approximate surface area is 123 Å². The SMILES string of the molecule is Cc1cc(CC(=O)NC2CCCc3cc(N)ccc32)n[nH]1. The van der Waals surface area contributed by atoms with Crippen LogP contribution in [0.25, 0.3) is 0 Å². The fourth-order valence-corrected chi connectivity index (χ4v) is 2.96. The average molecular weight is 284 g/mol. The van der Waals surface area contributed by atoms with Crippen molar-refractivity contribution in [3.63, 3.8) is 0 Å². The van der Waals surface area contributed by atoms with E-state index in [4.69, 9.17) is 5.73 Å². The first-order chi connectivity index (χ1) is 10.1. The predicted molar refractivity (Wildman–Crippen MR) is 81.7 cm³/mol. The van der Waals surface area contributed by atoms with E-state index >= 15 is 0 Å². The lowest BCUT2D eigenvalue weighted by Crippen LogP contribution is -2.32. The van der Waals surface area contributed by atoms with Crippen LogP contribution < -0.4 is 11.1 Å². The maximum Gasteiger partial charge on any atom is 0.226 e. The average Bonchev–Trinajstić information content (AvgIpc) is 2.83. The number of carbonyl (C=O) groups is 1. The van der Waals surface area contributed by atoms with Gasteiger partial charge in [-0.1, -0.05) is 6.07 Å². The van der Waals surface area contributed by atoms with Crippen molar-refractivity contribution in [3.8, 4) is 0 Å². The Morgan fingerprint density at radius 3 is 3.10 bits per heavy atom. The molecule has 21 heavy (non-hydrogen) atoms. The van der Waals surface area contributed by atoms with Gasteiger partial charge in [-0.3, -0.25) is 9.89 Å². The number of nitrogens with two attached hydrogens (primary N) is 1. The molecule has 0 bridgehead atoms. The molecule has 1 amide bonds. The largest absolute Gasteiger partial charge is 0.399 e. The monoisotopic (exact) mass is 284 g/mol. The fraction of sp³-hybridized carbons (Fsp3) is 0.375. The van der Waals surface area contributed by atoms with Gasteiger partial charge in [-0.25, -0.2) is 0 Å². The summed E-state index contributed by atoms with van der Waals surface area (Å²) < 4.78 is 0. The Balaban J connectivity index is 1.70. The van der Waals surface area contributed by atoms with E-state index in [9.17, 15) is 4.79 Å². The number of benzene rings is 1. The van der Waals surface area contributed by atoms with Crippen LogP contribution in [-0.4, -0.2) is 16.1 Å². The first-order valence-electron chi connectivity index (χ1n) is 7.30. The molecule has 4 N–H and O–H groups in total. The number of nitrogen functional groups attached to an aromatic ring is 1. The van der Waals surface area contributed by atoms with Crippen molar-refractivity contribution >= 4 is 11.6 Å². The molecule has 0 spiro atoms. The van der Waals surface area contributed by atoms with Gasteiger partial charge in [0.2, 0.25) is 5.91 Å². The van der Waals surface area contributed by atoms with Crippen LogP contribution in [0, 0.1) is 6.92 Å². The quantitative estimate of drug-likeness (QED) is 0.754. The van der Waals surface area contributed by atoms with E-state index in [0.717, 1.165) is 36.3 Å². The summed E-state index contributed by atoms with van der Waals surface area (Å²) in [4.78, 5) is 12.2. The first kappa shape index (κ1) is 13.7. The van der Waals surface area contributed by atoms with Crippen LogP contribution in [-0.2, 0) is 17.6 Å². The van der Waals surface area contributed by atoms with Crippen LogP contribution in [0.15, 0.2) is 24.3 Å². The molecule has 1 aromatic heterocycles. The summed E-state index contributed by atoms with van der Waals surface area (Å²) in [6.07, 6.45) is 3.39. The maximum atomic E-state index is 12.2. The molecule has 0 radical (unpaired) electrons. The van der Waals surface area contributed by atoms with Crippen molar-refractivity contribution in [1.29, 1.82) is 0 Å². The van der Waals surface area contributed by atoms with Crippen LogP contribution in [0.2, 0.25) is 0 Å². The molecule has 2 aromatic rings. The summed E-state index contributed by atoms with van der Waals surface area (Å²) >= 11 is 0. The van der Waals surface area contributed by atoms with Crippen molar-refractivity contribution < 1.29 is 4.79 Å². The molecule has 0 saturated carbocycles. The third-order valence-corrected chi connectivity index (χ3v) is 3.92. The third kappa shape index (κ3) is 3.07. The number of aromatic amines is 1. The van der Waals surface area contributed by atoms with E-state index in [0.29, 0.717) is 6.42 Å². The number of carbonyl (C=O) groups excluding carboxylic acids is 1. The molecule has 0 saturated heterocycles. The second-order valence-corrected chi connectivity index (χ2v) is 5.69. The molecule has 5 nitrogen and oxygen atoms in total. The van der Waals surface area contributed by atoms with Gasteiger partial charge in [0.15, 0.2) is 0 Å². The number of aromatic nitrogens is 2. The highest BCUT2D eigenvalue weighted by Crippen LogP contribution is 2.30. The highest BCUT2D eigenvalue weighted by atomic mass is 16.1. The second-order valence-electron chi connectivity index (χ2n) is 5.69. The summed E-state index contributed by atoms with van der Waals surface area (Å²) in [7, 11) is 0. The van der Waals surface area contributed by atoms with Crippen molar-refractivity contribution in [2.75, 3.05) is 5.73 Å². The van der Waals surface area contributed by atoms with Gasteiger partial charge in [-0.15, -0.1) is 0 Å². The zero-order valence-corrected chi connectivity index (χ0v) is 12.1. The van der Waals surface area contributed by atoms with E-state index < -0.39 is 0 Å². The lowest BCUT2D eigenvalue weighted by molar-refractivity contribution is -0.121. The molecule has 0 fully saturated rings. The normalized spacial score (nSPS) is 17.3. The number of nitrogens with zero attached hydrogens (tertiary/aromatic N) is 1. The van der Waals surface area contributed by atoms with Crippen LogP contribution in [0.1, 0.15) is 41.4 Å². The van der Waals surface area contributed by atoms with E-state index in [1.54, 1.807) is 0 Å². The summed E-state index contributed by atoms with van der Waals surface area (Å²) in [5.74, 6) is 0.0103. The minimum absolute atomic E-state index is 0.0103. The smallest absolute Gasteiger partial charge is 0.226 e. The van der Waals surface area contributed by atoms with E-state index in [2.05, 4.69) is 15.5 Å². The van der Waals surface area contributed by atoms with E-state index in [1.165, 1.54) is 11.1 Å². The van der Waals surface area contributed by atoms with Crippen LogP contribution in [0.5, 0.6) is 0 Å². The Morgan fingerprint density at radius 2 is 2.33 bits per heavy atom. The lowest BCUT2D eigenvalue weighted by atomic mass is 9.87. The van der Waals surface area contributed by atoms with Crippen molar-refractivity contribution in [2.24, 2.45) is 0 Å². The second kappa shape index (κ2) is 5.60. The molecular formula is C16H20N4O. The van der Waals surface area contributed by atoms with Crippen molar-refractivity contribution in [3.05, 3.63) is 46.8 Å². The van der Waals surface area contributed by atoms with Crippen molar-refractivity contribution in [2.45, 2.75) is 38.6 Å². The standard InChI is InChI=1S/C16H20N4O/c1-10-7-13(20-19-10)9-16(21)18-15-4-2-3-11-8-12(17)5-6-14(11)15/h5-8,15H,2-4,9,17H2,1H3,(H,18,21)(H,19,20). The van der Waals surface area contributed by atoms with Crippen LogP contribution in [0.3, 0.4) is 0 Å². The van der Waals surface area contributed by atoms with Gasteiger partial charge in [-0.05, 0) is 55.5 Å². The van der Waals surface area contributed by atoms with Gasteiger partial charge in [0.25, 0.3) is 0 Å². The Bertz CT molecular complexity index is 662. The predicted octanol–water partition coefficient (Wildman–Crippen LogP) is 2.04. The number of anilines is 1. The van der Waals surface area contributed by atoms with Crippen molar-refractivity contribution in [1.82, 2.24) is 15.5 Å². The third-order valence-electron chi connectivity index (χ3n) is 3.92. The minimum Gasteiger partial charge on any atom is -0.399 e. The fourth-order valence-electron chi connectivity index (χ4n) is 2.96. The first-order valence-corrected chi connectivity index (χ1v) is 7.30. The topological polar surface area (TPSA) is 83.8 Å². The van der Waals surface area contributed by atoms with Gasteiger partial charge in [0, 0.05) is 11.4 Å². The molecule has 1 heterocycles. The number of rotatable bonds is 3. The Kier molecular flexibility index (Phi) is 3.64. The molecule has 3 rings (SSSR count).